The van der Waals surface area contributed by atoms with E-state index in [4.69, 9.17) is 0 Å². The molecule has 0 N–H and O–H groups in total. The van der Waals surface area contributed by atoms with Gasteiger partial charge in [-0.1, -0.05) is 23.8 Å². The van der Waals surface area contributed by atoms with Crippen LogP contribution in [0.1, 0.15) is 34.1 Å². The Morgan fingerprint density at radius 2 is 1.73 bits per heavy atom. The molecule has 0 spiro atoms. The van der Waals surface area contributed by atoms with E-state index in [1.165, 1.54) is 16.4 Å². The molecular weight excluding hydrogens is 323 g/mol. The van der Waals surface area contributed by atoms with E-state index >= 15 is 0 Å². The summed E-state index contributed by atoms with van der Waals surface area (Å²) < 4.78 is 18.8. The van der Waals surface area contributed by atoms with Crippen LogP contribution < -0.4 is 0 Å². The third-order valence-corrected chi connectivity index (χ3v) is 5.06. The Hall–Kier alpha value is -2.55. The average Bonchev–Trinajstić information content (AvgIpc) is 3.05. The van der Waals surface area contributed by atoms with Gasteiger partial charge in [0.05, 0.1) is 22.1 Å². The molecule has 0 aliphatic heterocycles. The summed E-state index contributed by atoms with van der Waals surface area (Å²) in [5.41, 5.74) is 5.64. The van der Waals surface area contributed by atoms with Gasteiger partial charge in [0.25, 0.3) is 0 Å². The first kappa shape index (κ1) is 16.9. The summed E-state index contributed by atoms with van der Waals surface area (Å²) in [5.74, 6) is -0.192. The highest BCUT2D eigenvalue weighted by Crippen LogP contribution is 2.40. The van der Waals surface area contributed by atoms with Crippen molar-refractivity contribution in [2.75, 3.05) is 0 Å². The first-order valence-electron chi connectivity index (χ1n) is 9.15. The second-order valence-corrected chi connectivity index (χ2v) is 8.24. The van der Waals surface area contributed by atoms with Crippen LogP contribution in [-0.4, -0.2) is 9.13 Å². The Kier molecular flexibility index (Phi) is 3.72. The maximum Gasteiger partial charge on any atom is 0.124 e. The topological polar surface area (TPSA) is 9.86 Å². The van der Waals surface area contributed by atoms with Gasteiger partial charge in [0.15, 0.2) is 0 Å². The first-order chi connectivity index (χ1) is 12.3. The van der Waals surface area contributed by atoms with Crippen molar-refractivity contribution in [2.45, 2.75) is 46.2 Å². The highest BCUT2D eigenvalue weighted by molar-refractivity contribution is 6.18. The van der Waals surface area contributed by atoms with Gasteiger partial charge in [0.2, 0.25) is 0 Å². The summed E-state index contributed by atoms with van der Waals surface area (Å²) in [6, 6.07) is 13.6. The van der Waals surface area contributed by atoms with Gasteiger partial charge >= 0.3 is 0 Å². The van der Waals surface area contributed by atoms with Crippen LogP contribution in [-0.2, 0) is 12.1 Å². The third kappa shape index (κ3) is 2.45. The summed E-state index contributed by atoms with van der Waals surface area (Å²) in [5, 5.41) is 2.20. The van der Waals surface area contributed by atoms with Crippen molar-refractivity contribution in [1.29, 1.82) is 0 Å². The zero-order valence-corrected chi connectivity index (χ0v) is 15.9. The molecule has 2 nitrogen and oxygen atoms in total. The number of aryl methyl sites for hydroxylation is 1. The van der Waals surface area contributed by atoms with Crippen LogP contribution >= 0.6 is 0 Å². The van der Waals surface area contributed by atoms with Crippen molar-refractivity contribution in [3.63, 3.8) is 0 Å². The molecule has 0 amide bonds. The third-order valence-electron chi connectivity index (χ3n) is 5.06. The Morgan fingerprint density at radius 3 is 2.42 bits per heavy atom. The van der Waals surface area contributed by atoms with Crippen LogP contribution in [0.15, 0.2) is 54.6 Å². The van der Waals surface area contributed by atoms with Crippen LogP contribution in [0.3, 0.4) is 0 Å². The lowest BCUT2D eigenvalue weighted by atomic mass is 10.1. The monoisotopic (exact) mass is 348 g/mol. The number of benzene rings is 2. The summed E-state index contributed by atoms with van der Waals surface area (Å²) >= 11 is 0. The number of para-hydroxylation sites is 1. The van der Waals surface area contributed by atoms with E-state index in [-0.39, 0.29) is 11.4 Å². The highest BCUT2D eigenvalue weighted by atomic mass is 19.1. The maximum absolute atomic E-state index is 14.1. The van der Waals surface area contributed by atoms with Crippen molar-refractivity contribution >= 4 is 32.8 Å². The second-order valence-electron chi connectivity index (χ2n) is 8.24. The van der Waals surface area contributed by atoms with Gasteiger partial charge in [0, 0.05) is 22.9 Å². The molecule has 4 rings (SSSR count). The van der Waals surface area contributed by atoms with Crippen molar-refractivity contribution in [2.24, 2.45) is 0 Å². The standard InChI is InChI=1S/C23H25FN2/c1-15(2)12-13-25-19-9-7-6-8-17(19)22-21(25)18-14-16(24)10-11-20(18)26(22)23(3,4)5/h6-11,14H,1,12-13H2,2-5H3. The lowest BCUT2D eigenvalue weighted by Gasteiger charge is -2.24. The molecule has 26 heavy (non-hydrogen) atoms. The van der Waals surface area contributed by atoms with Gasteiger partial charge in [-0.15, -0.1) is 6.58 Å². The van der Waals surface area contributed by atoms with Gasteiger partial charge < -0.3 is 9.13 Å². The van der Waals surface area contributed by atoms with Crippen LogP contribution in [0.5, 0.6) is 0 Å². The fraction of sp³-hybridized carbons (Fsp3) is 0.304. The summed E-state index contributed by atoms with van der Waals surface area (Å²) in [7, 11) is 0. The van der Waals surface area contributed by atoms with Gasteiger partial charge in [-0.25, -0.2) is 4.39 Å². The van der Waals surface area contributed by atoms with Gasteiger partial charge in [-0.2, -0.15) is 0 Å². The molecule has 0 saturated carbocycles. The first-order valence-corrected chi connectivity index (χ1v) is 9.15. The van der Waals surface area contributed by atoms with E-state index < -0.39 is 0 Å². The van der Waals surface area contributed by atoms with Crippen molar-refractivity contribution in [1.82, 2.24) is 9.13 Å². The van der Waals surface area contributed by atoms with Crippen molar-refractivity contribution < 1.29 is 4.39 Å². The summed E-state index contributed by atoms with van der Waals surface area (Å²) in [6.45, 7) is 13.6. The van der Waals surface area contributed by atoms with Crippen molar-refractivity contribution in [3.8, 4) is 0 Å². The molecule has 0 saturated heterocycles. The molecule has 0 aliphatic rings. The van der Waals surface area contributed by atoms with Crippen LogP contribution in [0.4, 0.5) is 4.39 Å². The Bertz CT molecular complexity index is 1150. The van der Waals surface area contributed by atoms with Crippen LogP contribution in [0.25, 0.3) is 32.8 Å². The molecule has 134 valence electrons. The minimum atomic E-state index is -0.192. The molecule has 0 unspecified atom stereocenters. The van der Waals surface area contributed by atoms with Gasteiger partial charge in [-0.3, -0.25) is 0 Å². The fourth-order valence-electron chi connectivity index (χ4n) is 4.03. The zero-order valence-electron chi connectivity index (χ0n) is 15.9. The quantitative estimate of drug-likeness (QED) is 0.369. The normalized spacial score (nSPS) is 12.5. The number of hydrogen-bond donors (Lipinski definition) is 0. The lowest BCUT2D eigenvalue weighted by Crippen LogP contribution is -2.21. The number of halogens is 1. The molecule has 3 heteroatoms. The highest BCUT2D eigenvalue weighted by Gasteiger charge is 2.25. The molecule has 0 fully saturated rings. The van der Waals surface area contributed by atoms with Crippen LogP contribution in [0.2, 0.25) is 0 Å². The average molecular weight is 348 g/mol. The second kappa shape index (κ2) is 5.73. The van der Waals surface area contributed by atoms with E-state index in [0.717, 1.165) is 35.0 Å². The van der Waals surface area contributed by atoms with E-state index in [0.29, 0.717) is 0 Å². The Balaban J connectivity index is 2.23. The lowest BCUT2D eigenvalue weighted by molar-refractivity contribution is 0.424. The number of hydrogen-bond acceptors (Lipinski definition) is 0. The molecule has 2 aromatic carbocycles. The number of nitrogens with zero attached hydrogens (tertiary/aromatic N) is 2. The van der Waals surface area contributed by atoms with Gasteiger partial charge in [0.1, 0.15) is 5.82 Å². The minimum absolute atomic E-state index is 0.110. The molecule has 0 radical (unpaired) electrons. The van der Waals surface area contributed by atoms with Crippen LogP contribution in [0, 0.1) is 5.82 Å². The maximum atomic E-state index is 14.1. The Morgan fingerprint density at radius 1 is 1.00 bits per heavy atom. The molecule has 0 bridgehead atoms. The summed E-state index contributed by atoms with van der Waals surface area (Å²) in [4.78, 5) is 0. The summed E-state index contributed by atoms with van der Waals surface area (Å²) in [6.07, 6.45) is 0.908. The molecule has 4 aromatic rings. The smallest absolute Gasteiger partial charge is 0.124 e. The predicted molar refractivity (Wildman–Crippen MR) is 109 cm³/mol. The molecular formula is C23H25FN2. The van der Waals surface area contributed by atoms with E-state index in [9.17, 15) is 4.39 Å². The minimum Gasteiger partial charge on any atom is -0.338 e. The van der Waals surface area contributed by atoms with E-state index in [1.54, 1.807) is 12.1 Å². The Labute approximate surface area is 153 Å². The fourth-order valence-corrected chi connectivity index (χ4v) is 4.03. The van der Waals surface area contributed by atoms with E-state index in [2.05, 4.69) is 67.7 Å². The number of aromatic nitrogens is 2. The number of rotatable bonds is 3. The molecule has 2 heterocycles. The molecule has 0 atom stereocenters. The van der Waals surface area contributed by atoms with Crippen molar-refractivity contribution in [3.05, 3.63) is 60.4 Å². The largest absolute Gasteiger partial charge is 0.338 e. The van der Waals surface area contributed by atoms with E-state index in [1.807, 2.05) is 6.07 Å². The molecule has 0 aliphatic carbocycles. The predicted octanol–water partition coefficient (Wildman–Crippen LogP) is 6.61. The zero-order chi connectivity index (χ0) is 18.6. The SMILES string of the molecule is C=C(C)CCn1c2ccccc2c2c1c1cc(F)ccc1n2C(C)(C)C. The number of allylic oxidation sites excluding steroid dienone is 1. The van der Waals surface area contributed by atoms with Gasteiger partial charge in [-0.05, 0) is 58.4 Å². The molecule has 2 aromatic heterocycles. The number of fused-ring (bicyclic) bond motifs is 5.